The summed E-state index contributed by atoms with van der Waals surface area (Å²) >= 11 is 0. The van der Waals surface area contributed by atoms with E-state index in [-0.39, 0.29) is 0 Å². The maximum Gasteiger partial charge on any atom is 0.220 e. The van der Waals surface area contributed by atoms with E-state index in [1.54, 1.807) is 13.0 Å². The minimum atomic E-state index is 0.576. The SMILES string of the molecule is Cc1nnc(Cc2ccc(-c3cccc(C=O)c3)cc2)o1. The molecule has 21 heavy (non-hydrogen) atoms. The maximum atomic E-state index is 10.8. The van der Waals surface area contributed by atoms with Crippen molar-refractivity contribution in [3.8, 4) is 11.1 Å². The molecule has 0 saturated carbocycles. The van der Waals surface area contributed by atoms with Crippen LogP contribution in [0, 0.1) is 6.92 Å². The van der Waals surface area contributed by atoms with Crippen LogP contribution in [0.5, 0.6) is 0 Å². The van der Waals surface area contributed by atoms with Crippen molar-refractivity contribution in [2.75, 3.05) is 0 Å². The van der Waals surface area contributed by atoms with E-state index in [9.17, 15) is 4.79 Å². The number of nitrogens with zero attached hydrogens (tertiary/aromatic N) is 2. The normalized spacial score (nSPS) is 10.5. The number of carbonyl (C=O) groups is 1. The van der Waals surface area contributed by atoms with Crippen molar-refractivity contribution < 1.29 is 9.21 Å². The van der Waals surface area contributed by atoms with Crippen molar-refractivity contribution in [2.24, 2.45) is 0 Å². The van der Waals surface area contributed by atoms with Crippen molar-refractivity contribution in [2.45, 2.75) is 13.3 Å². The molecule has 1 heterocycles. The van der Waals surface area contributed by atoms with Gasteiger partial charge >= 0.3 is 0 Å². The van der Waals surface area contributed by atoms with Gasteiger partial charge in [0.1, 0.15) is 6.29 Å². The molecule has 4 nitrogen and oxygen atoms in total. The topological polar surface area (TPSA) is 56.0 Å². The fourth-order valence-corrected chi connectivity index (χ4v) is 2.19. The second-order valence-corrected chi connectivity index (χ2v) is 4.83. The van der Waals surface area contributed by atoms with Gasteiger partial charge in [-0.2, -0.15) is 0 Å². The van der Waals surface area contributed by atoms with Gasteiger partial charge in [0.2, 0.25) is 11.8 Å². The number of hydrogen-bond acceptors (Lipinski definition) is 4. The molecule has 0 spiro atoms. The third-order valence-electron chi connectivity index (χ3n) is 3.23. The summed E-state index contributed by atoms with van der Waals surface area (Å²) in [6, 6.07) is 15.7. The van der Waals surface area contributed by atoms with Gasteiger partial charge in [0.05, 0.1) is 6.42 Å². The van der Waals surface area contributed by atoms with Crippen LogP contribution in [0.25, 0.3) is 11.1 Å². The highest BCUT2D eigenvalue weighted by Crippen LogP contribution is 2.21. The van der Waals surface area contributed by atoms with Crippen LogP contribution in [0.2, 0.25) is 0 Å². The number of hydrogen-bond donors (Lipinski definition) is 0. The zero-order valence-electron chi connectivity index (χ0n) is 11.6. The van der Waals surface area contributed by atoms with Gasteiger partial charge in [-0.25, -0.2) is 0 Å². The Hall–Kier alpha value is -2.75. The van der Waals surface area contributed by atoms with Crippen LogP contribution in [-0.2, 0) is 6.42 Å². The highest BCUT2D eigenvalue weighted by Gasteiger charge is 2.05. The van der Waals surface area contributed by atoms with E-state index < -0.39 is 0 Å². The van der Waals surface area contributed by atoms with Gasteiger partial charge in [0.15, 0.2) is 0 Å². The van der Waals surface area contributed by atoms with Crippen molar-refractivity contribution >= 4 is 6.29 Å². The average molecular weight is 278 g/mol. The lowest BCUT2D eigenvalue weighted by atomic mass is 10.0. The van der Waals surface area contributed by atoms with Crippen molar-refractivity contribution in [1.29, 1.82) is 0 Å². The highest BCUT2D eigenvalue weighted by atomic mass is 16.4. The first-order valence-electron chi connectivity index (χ1n) is 6.68. The van der Waals surface area contributed by atoms with Crippen LogP contribution >= 0.6 is 0 Å². The standard InChI is InChI=1S/C17H14N2O2/c1-12-18-19-17(21-12)10-13-5-7-15(8-6-13)16-4-2-3-14(9-16)11-20/h2-9,11H,10H2,1H3. The summed E-state index contributed by atoms with van der Waals surface area (Å²) < 4.78 is 5.37. The quantitative estimate of drug-likeness (QED) is 0.686. The van der Waals surface area contributed by atoms with Crippen LogP contribution in [0.15, 0.2) is 52.9 Å². The molecule has 2 aromatic carbocycles. The lowest BCUT2D eigenvalue weighted by Gasteiger charge is -2.04. The maximum absolute atomic E-state index is 10.8. The molecule has 3 aromatic rings. The minimum Gasteiger partial charge on any atom is -0.425 e. The summed E-state index contributed by atoms with van der Waals surface area (Å²) in [6.07, 6.45) is 1.48. The average Bonchev–Trinajstić information content (AvgIpc) is 2.93. The third kappa shape index (κ3) is 3.05. The lowest BCUT2D eigenvalue weighted by Crippen LogP contribution is -1.89. The van der Waals surface area contributed by atoms with Gasteiger partial charge in [-0.3, -0.25) is 4.79 Å². The molecule has 0 saturated heterocycles. The number of aromatic nitrogens is 2. The molecular weight excluding hydrogens is 264 g/mol. The molecule has 104 valence electrons. The summed E-state index contributed by atoms with van der Waals surface area (Å²) in [5.74, 6) is 1.19. The molecule has 0 aliphatic heterocycles. The van der Waals surface area contributed by atoms with Crippen molar-refractivity contribution in [3.63, 3.8) is 0 Å². The Balaban J connectivity index is 1.81. The summed E-state index contributed by atoms with van der Waals surface area (Å²) in [4.78, 5) is 10.8. The van der Waals surface area contributed by atoms with Crippen molar-refractivity contribution in [3.05, 3.63) is 71.4 Å². The summed E-state index contributed by atoms with van der Waals surface area (Å²) in [7, 11) is 0. The minimum absolute atomic E-state index is 0.576. The molecule has 0 unspecified atom stereocenters. The molecule has 1 aromatic heterocycles. The van der Waals surface area contributed by atoms with Gasteiger partial charge in [0, 0.05) is 12.5 Å². The van der Waals surface area contributed by atoms with Crippen LogP contribution < -0.4 is 0 Å². The van der Waals surface area contributed by atoms with E-state index in [1.165, 1.54) is 0 Å². The Bertz CT molecular complexity index is 760. The van der Waals surface area contributed by atoms with Gasteiger partial charge in [-0.05, 0) is 22.8 Å². The molecule has 3 rings (SSSR count). The van der Waals surface area contributed by atoms with Crippen LogP contribution in [0.1, 0.15) is 27.7 Å². The second-order valence-electron chi connectivity index (χ2n) is 4.83. The predicted octanol–water partition coefficient (Wildman–Crippen LogP) is 3.45. The molecule has 0 bridgehead atoms. The summed E-state index contributed by atoms with van der Waals surface area (Å²) in [5.41, 5.74) is 3.88. The Morgan fingerprint density at radius 2 is 1.86 bits per heavy atom. The number of benzene rings is 2. The number of carbonyl (C=O) groups excluding carboxylic acids is 1. The van der Waals surface area contributed by atoms with E-state index in [2.05, 4.69) is 10.2 Å². The van der Waals surface area contributed by atoms with E-state index in [0.717, 1.165) is 23.0 Å². The first-order valence-corrected chi connectivity index (χ1v) is 6.68. The van der Waals surface area contributed by atoms with Gasteiger partial charge in [-0.1, -0.05) is 42.5 Å². The summed E-state index contributed by atoms with van der Waals surface area (Å²) in [5, 5.41) is 7.81. The van der Waals surface area contributed by atoms with Gasteiger partial charge in [-0.15, -0.1) is 10.2 Å². The molecule has 4 heteroatoms. The molecule has 0 radical (unpaired) electrons. The highest BCUT2D eigenvalue weighted by molar-refractivity contribution is 5.78. The Morgan fingerprint density at radius 3 is 2.52 bits per heavy atom. The van der Waals surface area contributed by atoms with Crippen LogP contribution in [-0.4, -0.2) is 16.5 Å². The third-order valence-corrected chi connectivity index (χ3v) is 3.23. The molecule has 0 atom stereocenters. The zero-order chi connectivity index (χ0) is 14.7. The molecule has 0 aliphatic carbocycles. The molecule has 0 amide bonds. The Kier molecular flexibility index (Phi) is 3.60. The fourth-order valence-electron chi connectivity index (χ4n) is 2.19. The smallest absolute Gasteiger partial charge is 0.220 e. The molecule has 0 N–H and O–H groups in total. The first-order chi connectivity index (χ1) is 10.2. The summed E-state index contributed by atoms with van der Waals surface area (Å²) in [6.45, 7) is 1.78. The predicted molar refractivity (Wildman–Crippen MR) is 79.1 cm³/mol. The lowest BCUT2D eigenvalue weighted by molar-refractivity contribution is 0.112. The molecular formula is C17H14N2O2. The van der Waals surface area contributed by atoms with Crippen LogP contribution in [0.3, 0.4) is 0 Å². The van der Waals surface area contributed by atoms with Crippen LogP contribution in [0.4, 0.5) is 0 Å². The van der Waals surface area contributed by atoms with Gasteiger partial charge < -0.3 is 4.42 Å². The second kappa shape index (κ2) is 5.71. The first kappa shape index (κ1) is 13.2. The van der Waals surface area contributed by atoms with Crippen molar-refractivity contribution in [1.82, 2.24) is 10.2 Å². The number of aldehydes is 1. The van der Waals surface area contributed by atoms with E-state index in [0.29, 0.717) is 23.8 Å². The van der Waals surface area contributed by atoms with E-state index in [4.69, 9.17) is 4.42 Å². The molecule has 0 aliphatic rings. The van der Waals surface area contributed by atoms with E-state index in [1.807, 2.05) is 42.5 Å². The van der Waals surface area contributed by atoms with Gasteiger partial charge in [0.25, 0.3) is 0 Å². The molecule has 0 fully saturated rings. The zero-order valence-corrected chi connectivity index (χ0v) is 11.6. The van der Waals surface area contributed by atoms with E-state index >= 15 is 0 Å². The largest absolute Gasteiger partial charge is 0.425 e. The monoisotopic (exact) mass is 278 g/mol. The number of aryl methyl sites for hydroxylation is 1. The number of rotatable bonds is 4. The Morgan fingerprint density at radius 1 is 1.05 bits per heavy atom. The Labute approximate surface area is 122 Å². The fraction of sp³-hybridized carbons (Fsp3) is 0.118.